The fourth-order valence-corrected chi connectivity index (χ4v) is 2.01. The van der Waals surface area contributed by atoms with E-state index in [1.165, 1.54) is 5.69 Å². The molecule has 2 aromatic rings. The molecule has 0 fully saturated rings. The normalized spacial score (nSPS) is 10.3. The molecule has 4 heteroatoms. The van der Waals surface area contributed by atoms with Gasteiger partial charge in [-0.25, -0.2) is 4.98 Å². The van der Waals surface area contributed by atoms with Crippen molar-refractivity contribution in [2.24, 2.45) is 0 Å². The van der Waals surface area contributed by atoms with Crippen molar-refractivity contribution >= 4 is 17.2 Å². The molecule has 1 aromatic carbocycles. The number of aromatic nitrogens is 1. The van der Waals surface area contributed by atoms with Gasteiger partial charge in [0.2, 0.25) is 0 Å². The topological polar surface area (TPSA) is 54.2 Å². The molecule has 0 aliphatic rings. The lowest BCUT2D eigenvalue weighted by Gasteiger charge is -2.19. The smallest absolute Gasteiger partial charge is 0.126 e. The molecule has 20 heavy (non-hydrogen) atoms. The third-order valence-corrected chi connectivity index (χ3v) is 3.32. The maximum absolute atomic E-state index is 5.75. The summed E-state index contributed by atoms with van der Waals surface area (Å²) >= 11 is 0. The average molecular weight is 270 g/mol. The van der Waals surface area contributed by atoms with Crippen LogP contribution in [0.15, 0.2) is 42.6 Å². The molecule has 0 aliphatic heterocycles. The number of benzene rings is 1. The van der Waals surface area contributed by atoms with Gasteiger partial charge in [0.25, 0.3) is 0 Å². The van der Waals surface area contributed by atoms with Crippen LogP contribution >= 0.6 is 0 Å². The van der Waals surface area contributed by atoms with Crippen LogP contribution in [0.3, 0.4) is 0 Å². The van der Waals surface area contributed by atoms with E-state index in [0.29, 0.717) is 0 Å². The van der Waals surface area contributed by atoms with Gasteiger partial charge in [-0.15, -0.1) is 0 Å². The van der Waals surface area contributed by atoms with Crippen LogP contribution in [0.25, 0.3) is 0 Å². The molecule has 0 spiro atoms. The van der Waals surface area contributed by atoms with Gasteiger partial charge in [0.1, 0.15) is 5.82 Å². The molecular weight excluding hydrogens is 248 g/mol. The molecule has 0 atom stereocenters. The third kappa shape index (κ3) is 3.88. The van der Waals surface area contributed by atoms with Gasteiger partial charge in [0.15, 0.2) is 0 Å². The van der Waals surface area contributed by atoms with Crippen LogP contribution in [-0.2, 0) is 0 Å². The number of nitrogens with one attached hydrogen (secondary N) is 1. The monoisotopic (exact) mass is 270 g/mol. The lowest BCUT2D eigenvalue weighted by molar-refractivity contribution is 0.814. The second kappa shape index (κ2) is 6.80. The van der Waals surface area contributed by atoms with Crippen LogP contribution in [0.4, 0.5) is 17.2 Å². The summed E-state index contributed by atoms with van der Waals surface area (Å²) in [6.45, 7) is 3.89. The van der Waals surface area contributed by atoms with Crippen molar-refractivity contribution in [1.82, 2.24) is 4.98 Å². The first kappa shape index (κ1) is 14.2. The van der Waals surface area contributed by atoms with Crippen molar-refractivity contribution in [3.05, 3.63) is 48.2 Å². The van der Waals surface area contributed by atoms with E-state index < -0.39 is 0 Å². The van der Waals surface area contributed by atoms with E-state index in [0.717, 1.165) is 36.6 Å². The molecule has 1 aromatic heterocycles. The van der Waals surface area contributed by atoms with E-state index >= 15 is 0 Å². The molecule has 2 rings (SSSR count). The molecule has 0 radical (unpaired) electrons. The third-order valence-electron chi connectivity index (χ3n) is 3.32. The van der Waals surface area contributed by atoms with Crippen LogP contribution in [0.5, 0.6) is 0 Å². The fraction of sp³-hybridized carbons (Fsp3) is 0.312. The standard InChI is InChI=1S/C16H22N4/c1-13-11-16(19-12-15(13)17)18-9-6-10-20(2)14-7-4-3-5-8-14/h3-5,7-8,11-12H,6,9-10,17H2,1-2H3,(H,18,19). The van der Waals surface area contributed by atoms with Crippen molar-refractivity contribution < 1.29 is 0 Å². The molecule has 0 saturated carbocycles. The molecule has 4 nitrogen and oxygen atoms in total. The van der Waals surface area contributed by atoms with Gasteiger partial charge in [0.05, 0.1) is 11.9 Å². The second-order valence-electron chi connectivity index (χ2n) is 4.96. The van der Waals surface area contributed by atoms with E-state index in [4.69, 9.17) is 5.73 Å². The van der Waals surface area contributed by atoms with Crippen LogP contribution in [-0.4, -0.2) is 25.1 Å². The predicted molar refractivity (Wildman–Crippen MR) is 86.2 cm³/mol. The maximum atomic E-state index is 5.75. The zero-order chi connectivity index (χ0) is 14.4. The summed E-state index contributed by atoms with van der Waals surface area (Å²) in [6.07, 6.45) is 2.75. The van der Waals surface area contributed by atoms with Gasteiger partial charge in [-0.3, -0.25) is 0 Å². The molecule has 3 N–H and O–H groups in total. The molecule has 0 bridgehead atoms. The Kier molecular flexibility index (Phi) is 4.82. The maximum Gasteiger partial charge on any atom is 0.126 e. The van der Waals surface area contributed by atoms with E-state index in [-0.39, 0.29) is 0 Å². The summed E-state index contributed by atoms with van der Waals surface area (Å²) in [5.41, 5.74) is 8.79. The minimum Gasteiger partial charge on any atom is -0.397 e. The zero-order valence-corrected chi connectivity index (χ0v) is 12.1. The Balaban J connectivity index is 1.75. The van der Waals surface area contributed by atoms with Crippen LogP contribution < -0.4 is 16.0 Å². The molecule has 0 saturated heterocycles. The number of anilines is 3. The SMILES string of the molecule is Cc1cc(NCCCN(C)c2ccccc2)ncc1N. The summed E-state index contributed by atoms with van der Waals surface area (Å²) in [7, 11) is 2.11. The van der Waals surface area contributed by atoms with Crippen molar-refractivity contribution in [3.8, 4) is 0 Å². The largest absolute Gasteiger partial charge is 0.397 e. The van der Waals surface area contributed by atoms with E-state index in [9.17, 15) is 0 Å². The fourth-order valence-electron chi connectivity index (χ4n) is 2.01. The van der Waals surface area contributed by atoms with Crippen molar-refractivity contribution in [1.29, 1.82) is 0 Å². The average Bonchev–Trinajstić information content (AvgIpc) is 2.48. The molecule has 106 valence electrons. The Bertz CT molecular complexity index is 539. The number of nitrogens with two attached hydrogens (primary N) is 1. The van der Waals surface area contributed by atoms with Crippen LogP contribution in [0.2, 0.25) is 0 Å². The molecule has 1 heterocycles. The lowest BCUT2D eigenvalue weighted by Crippen LogP contribution is -2.20. The highest BCUT2D eigenvalue weighted by Gasteiger charge is 2.00. The first-order valence-corrected chi connectivity index (χ1v) is 6.89. The number of rotatable bonds is 6. The van der Waals surface area contributed by atoms with Gasteiger partial charge >= 0.3 is 0 Å². The predicted octanol–water partition coefficient (Wildman–Crippen LogP) is 2.91. The number of nitrogen functional groups attached to an aromatic ring is 1. The van der Waals surface area contributed by atoms with Crippen LogP contribution in [0.1, 0.15) is 12.0 Å². The summed E-state index contributed by atoms with van der Waals surface area (Å²) < 4.78 is 0. The first-order chi connectivity index (χ1) is 9.66. The van der Waals surface area contributed by atoms with E-state index in [1.807, 2.05) is 19.1 Å². The van der Waals surface area contributed by atoms with E-state index in [2.05, 4.69) is 46.5 Å². The minimum atomic E-state index is 0.736. The van der Waals surface area contributed by atoms with Gasteiger partial charge < -0.3 is 16.0 Å². The number of para-hydroxylation sites is 1. The van der Waals surface area contributed by atoms with Gasteiger partial charge in [0, 0.05) is 25.8 Å². The number of aryl methyl sites for hydroxylation is 1. The van der Waals surface area contributed by atoms with Crippen molar-refractivity contribution in [3.63, 3.8) is 0 Å². The lowest BCUT2D eigenvalue weighted by atomic mass is 10.2. The Morgan fingerprint density at radius 2 is 2.00 bits per heavy atom. The summed E-state index contributed by atoms with van der Waals surface area (Å²) in [4.78, 5) is 6.52. The molecular formula is C16H22N4. The highest BCUT2D eigenvalue weighted by molar-refractivity contribution is 5.50. The number of hydrogen-bond donors (Lipinski definition) is 2. The quantitative estimate of drug-likeness (QED) is 0.792. The van der Waals surface area contributed by atoms with E-state index in [1.54, 1.807) is 6.20 Å². The molecule has 0 aliphatic carbocycles. The van der Waals surface area contributed by atoms with Crippen LogP contribution in [0, 0.1) is 6.92 Å². The minimum absolute atomic E-state index is 0.736. The first-order valence-electron chi connectivity index (χ1n) is 6.89. The summed E-state index contributed by atoms with van der Waals surface area (Å²) in [5, 5.41) is 3.33. The molecule has 0 unspecified atom stereocenters. The Hall–Kier alpha value is -2.23. The summed E-state index contributed by atoms with van der Waals surface area (Å²) in [5.74, 6) is 0.888. The highest BCUT2D eigenvalue weighted by atomic mass is 15.1. The van der Waals surface area contributed by atoms with Crippen molar-refractivity contribution in [2.45, 2.75) is 13.3 Å². The summed E-state index contributed by atoms with van der Waals surface area (Å²) in [6, 6.07) is 12.4. The van der Waals surface area contributed by atoms with Crippen molar-refractivity contribution in [2.75, 3.05) is 36.1 Å². The highest BCUT2D eigenvalue weighted by Crippen LogP contribution is 2.13. The molecule has 0 amide bonds. The zero-order valence-electron chi connectivity index (χ0n) is 12.1. The van der Waals surface area contributed by atoms with Gasteiger partial charge in [-0.2, -0.15) is 0 Å². The Labute approximate surface area is 120 Å². The van der Waals surface area contributed by atoms with Gasteiger partial charge in [-0.1, -0.05) is 18.2 Å². The second-order valence-corrected chi connectivity index (χ2v) is 4.96. The number of hydrogen-bond acceptors (Lipinski definition) is 4. The Morgan fingerprint density at radius 1 is 1.25 bits per heavy atom. The number of nitrogens with zero attached hydrogens (tertiary/aromatic N) is 2. The Morgan fingerprint density at radius 3 is 2.70 bits per heavy atom. The number of pyridine rings is 1. The van der Waals surface area contributed by atoms with Gasteiger partial charge in [-0.05, 0) is 37.1 Å².